The molecule has 0 aromatic carbocycles. The topological polar surface area (TPSA) is 18.5 Å². The predicted octanol–water partition coefficient (Wildman–Crippen LogP) is 1.41. The fourth-order valence-electron chi connectivity index (χ4n) is 3.06. The molecule has 3 aliphatic rings. The third kappa shape index (κ3) is 0.651. The van der Waals surface area contributed by atoms with E-state index in [1.54, 1.807) is 0 Å². The second kappa shape index (κ2) is 1.80. The molecule has 62 valence electrons. The second-order valence-corrected chi connectivity index (χ2v) is 4.10. The van der Waals surface area contributed by atoms with Crippen molar-refractivity contribution in [1.82, 2.24) is 0 Å². The Balaban J connectivity index is 1.87. The number of ether oxygens (including phenoxy) is 2. The fourth-order valence-corrected chi connectivity index (χ4v) is 3.06. The fraction of sp³-hybridized carbons (Fsp3) is 1.00. The van der Waals surface area contributed by atoms with Gasteiger partial charge >= 0.3 is 0 Å². The molecule has 1 aliphatic heterocycles. The van der Waals surface area contributed by atoms with Gasteiger partial charge in [-0.05, 0) is 18.3 Å². The van der Waals surface area contributed by atoms with Gasteiger partial charge in [0.15, 0.2) is 5.79 Å². The molecule has 0 amide bonds. The maximum atomic E-state index is 5.70. The summed E-state index contributed by atoms with van der Waals surface area (Å²) in [6.07, 6.45) is 2.47. The van der Waals surface area contributed by atoms with E-state index in [2.05, 4.69) is 6.92 Å². The third-order valence-electron chi connectivity index (χ3n) is 3.67. The summed E-state index contributed by atoms with van der Waals surface area (Å²) in [5.41, 5.74) is 0. The molecule has 1 saturated heterocycles. The van der Waals surface area contributed by atoms with Crippen LogP contribution in [0.2, 0.25) is 0 Å². The van der Waals surface area contributed by atoms with Gasteiger partial charge in [0.05, 0.1) is 13.2 Å². The monoisotopic (exact) mass is 154 g/mol. The maximum absolute atomic E-state index is 5.70. The molecule has 1 heterocycles. The summed E-state index contributed by atoms with van der Waals surface area (Å²) < 4.78 is 11.4. The number of hydrogen-bond donors (Lipinski definition) is 0. The summed E-state index contributed by atoms with van der Waals surface area (Å²) >= 11 is 0. The Bertz CT molecular complexity index is 178. The third-order valence-corrected chi connectivity index (χ3v) is 3.67. The maximum Gasteiger partial charge on any atom is 0.171 e. The van der Waals surface area contributed by atoms with Gasteiger partial charge < -0.3 is 9.47 Å². The lowest BCUT2D eigenvalue weighted by Gasteiger charge is -2.24. The van der Waals surface area contributed by atoms with E-state index in [0.717, 1.165) is 37.4 Å². The number of rotatable bonds is 0. The van der Waals surface area contributed by atoms with E-state index in [1.807, 2.05) is 0 Å². The summed E-state index contributed by atoms with van der Waals surface area (Å²) in [5, 5.41) is 0. The van der Waals surface area contributed by atoms with Crippen LogP contribution in [0.4, 0.5) is 0 Å². The smallest absolute Gasteiger partial charge is 0.171 e. The molecule has 3 rings (SSSR count). The lowest BCUT2D eigenvalue weighted by molar-refractivity contribution is -0.170. The summed E-state index contributed by atoms with van der Waals surface area (Å²) in [5.74, 6) is 2.42. The van der Waals surface area contributed by atoms with E-state index in [4.69, 9.17) is 9.47 Å². The average Bonchev–Trinajstić information content (AvgIpc) is 2.52. The zero-order valence-electron chi connectivity index (χ0n) is 6.88. The number of fused-ring (bicyclic) bond motifs is 2. The first-order valence-corrected chi connectivity index (χ1v) is 4.61. The normalized spacial score (nSPS) is 51.5. The van der Waals surface area contributed by atoms with Crippen LogP contribution in [0.25, 0.3) is 0 Å². The van der Waals surface area contributed by atoms with Crippen molar-refractivity contribution in [2.45, 2.75) is 25.6 Å². The number of hydrogen-bond acceptors (Lipinski definition) is 2. The van der Waals surface area contributed by atoms with Crippen LogP contribution in [-0.4, -0.2) is 19.0 Å². The van der Waals surface area contributed by atoms with Crippen molar-refractivity contribution in [2.24, 2.45) is 17.8 Å². The van der Waals surface area contributed by atoms with Crippen LogP contribution in [0, 0.1) is 17.8 Å². The van der Waals surface area contributed by atoms with Crippen LogP contribution in [0.3, 0.4) is 0 Å². The van der Waals surface area contributed by atoms with E-state index < -0.39 is 0 Å². The Morgan fingerprint density at radius 1 is 1.27 bits per heavy atom. The van der Waals surface area contributed by atoms with Crippen LogP contribution >= 0.6 is 0 Å². The quantitative estimate of drug-likeness (QED) is 0.525. The molecular weight excluding hydrogens is 140 g/mol. The molecule has 3 atom stereocenters. The molecule has 1 spiro atoms. The van der Waals surface area contributed by atoms with Crippen LogP contribution < -0.4 is 0 Å². The van der Waals surface area contributed by atoms with Crippen molar-refractivity contribution in [2.75, 3.05) is 13.2 Å². The highest BCUT2D eigenvalue weighted by Gasteiger charge is 2.66. The second-order valence-electron chi connectivity index (χ2n) is 4.10. The molecule has 0 unspecified atom stereocenters. The molecule has 0 aromatic rings. The molecule has 0 radical (unpaired) electrons. The summed E-state index contributed by atoms with van der Waals surface area (Å²) in [6, 6.07) is 0. The first-order chi connectivity index (χ1) is 5.33. The predicted molar refractivity (Wildman–Crippen MR) is 40.0 cm³/mol. The van der Waals surface area contributed by atoms with Gasteiger partial charge in [-0.15, -0.1) is 0 Å². The van der Waals surface area contributed by atoms with E-state index in [1.165, 1.54) is 6.42 Å². The molecule has 2 aliphatic carbocycles. The van der Waals surface area contributed by atoms with Crippen molar-refractivity contribution in [3.63, 3.8) is 0 Å². The Hall–Kier alpha value is -0.0800. The standard InChI is InChI=1S/C9H14O2/c1-6-7-2-3-9(8(6)7)10-4-5-11-9/h6-8H,2-5H2,1H3/t6-,7-,8+/m1/s1. The average molecular weight is 154 g/mol. The molecule has 2 saturated carbocycles. The van der Waals surface area contributed by atoms with Crippen LogP contribution in [0.5, 0.6) is 0 Å². The molecular formula is C9H14O2. The van der Waals surface area contributed by atoms with Crippen molar-refractivity contribution >= 4 is 0 Å². The van der Waals surface area contributed by atoms with Crippen molar-refractivity contribution in [1.29, 1.82) is 0 Å². The first kappa shape index (κ1) is 6.44. The van der Waals surface area contributed by atoms with Gasteiger partial charge in [-0.2, -0.15) is 0 Å². The van der Waals surface area contributed by atoms with Gasteiger partial charge in [0.1, 0.15) is 0 Å². The van der Waals surface area contributed by atoms with Gasteiger partial charge in [0, 0.05) is 12.3 Å². The molecule has 2 heteroatoms. The van der Waals surface area contributed by atoms with Gasteiger partial charge in [0.25, 0.3) is 0 Å². The van der Waals surface area contributed by atoms with E-state index in [0.29, 0.717) is 0 Å². The van der Waals surface area contributed by atoms with Crippen molar-refractivity contribution in [3.8, 4) is 0 Å². The molecule has 0 bridgehead atoms. The minimum absolute atomic E-state index is 0.107. The Morgan fingerprint density at radius 3 is 2.55 bits per heavy atom. The Morgan fingerprint density at radius 2 is 2.00 bits per heavy atom. The zero-order chi connectivity index (χ0) is 7.47. The lowest BCUT2D eigenvalue weighted by atomic mass is 10.1. The van der Waals surface area contributed by atoms with Gasteiger partial charge in [0.2, 0.25) is 0 Å². The SMILES string of the molecule is C[C@@H]1[C@H]2CCC3(OCCO3)[C@@H]12. The lowest BCUT2D eigenvalue weighted by Crippen LogP contribution is -2.30. The van der Waals surface area contributed by atoms with E-state index in [-0.39, 0.29) is 5.79 Å². The Kier molecular flexibility index (Phi) is 1.06. The Labute approximate surface area is 66.9 Å². The van der Waals surface area contributed by atoms with Crippen LogP contribution in [0.1, 0.15) is 19.8 Å². The molecule has 3 fully saturated rings. The van der Waals surface area contributed by atoms with E-state index >= 15 is 0 Å². The van der Waals surface area contributed by atoms with Gasteiger partial charge in [-0.3, -0.25) is 0 Å². The summed E-state index contributed by atoms with van der Waals surface area (Å²) in [4.78, 5) is 0. The van der Waals surface area contributed by atoms with Crippen molar-refractivity contribution < 1.29 is 9.47 Å². The van der Waals surface area contributed by atoms with Gasteiger partial charge in [-0.1, -0.05) is 6.92 Å². The highest BCUT2D eigenvalue weighted by Crippen LogP contribution is 2.64. The minimum Gasteiger partial charge on any atom is -0.347 e. The highest BCUT2D eigenvalue weighted by molar-refractivity contribution is 5.09. The molecule has 0 N–H and O–H groups in total. The van der Waals surface area contributed by atoms with Crippen LogP contribution in [0.15, 0.2) is 0 Å². The van der Waals surface area contributed by atoms with Crippen molar-refractivity contribution in [3.05, 3.63) is 0 Å². The van der Waals surface area contributed by atoms with E-state index in [9.17, 15) is 0 Å². The largest absolute Gasteiger partial charge is 0.347 e. The molecule has 2 nitrogen and oxygen atoms in total. The summed E-state index contributed by atoms with van der Waals surface area (Å²) in [6.45, 7) is 3.95. The summed E-state index contributed by atoms with van der Waals surface area (Å²) in [7, 11) is 0. The minimum atomic E-state index is -0.107. The van der Waals surface area contributed by atoms with Gasteiger partial charge in [-0.25, -0.2) is 0 Å². The highest BCUT2D eigenvalue weighted by atomic mass is 16.7. The molecule has 0 aromatic heterocycles. The van der Waals surface area contributed by atoms with Crippen LogP contribution in [-0.2, 0) is 9.47 Å². The molecule has 11 heavy (non-hydrogen) atoms. The first-order valence-electron chi connectivity index (χ1n) is 4.61. The zero-order valence-corrected chi connectivity index (χ0v) is 6.88.